The Labute approximate surface area is 221 Å². The number of amides is 2. The number of anilines is 1. The summed E-state index contributed by atoms with van der Waals surface area (Å²) in [6, 6.07) is 10.0. The van der Waals surface area contributed by atoms with Crippen LogP contribution in [0.2, 0.25) is 5.02 Å². The van der Waals surface area contributed by atoms with Crippen molar-refractivity contribution in [1.82, 2.24) is 5.32 Å². The minimum atomic E-state index is -0.479. The molecule has 2 aromatic carbocycles. The van der Waals surface area contributed by atoms with E-state index in [0.29, 0.717) is 43.1 Å². The van der Waals surface area contributed by atoms with Crippen LogP contribution in [0.3, 0.4) is 0 Å². The molecule has 1 aliphatic carbocycles. The number of halogens is 1. The summed E-state index contributed by atoms with van der Waals surface area (Å²) >= 11 is 6.17. The summed E-state index contributed by atoms with van der Waals surface area (Å²) < 4.78 is 15.5. The molecule has 1 saturated carbocycles. The lowest BCUT2D eigenvalue weighted by Gasteiger charge is -2.26. The maximum Gasteiger partial charge on any atom is 0.308 e. The van der Waals surface area contributed by atoms with Gasteiger partial charge in [-0.2, -0.15) is 5.26 Å². The Morgan fingerprint density at radius 1 is 1.03 bits per heavy atom. The minimum absolute atomic E-state index is 0.130. The van der Waals surface area contributed by atoms with Crippen LogP contribution >= 0.6 is 11.6 Å². The van der Waals surface area contributed by atoms with Crippen molar-refractivity contribution in [2.24, 2.45) is 11.8 Å². The number of esters is 1. The zero-order valence-electron chi connectivity index (χ0n) is 21.1. The van der Waals surface area contributed by atoms with E-state index >= 15 is 0 Å². The fourth-order valence-electron chi connectivity index (χ4n) is 4.31. The van der Waals surface area contributed by atoms with E-state index in [2.05, 4.69) is 10.6 Å². The van der Waals surface area contributed by atoms with Crippen LogP contribution in [0.25, 0.3) is 0 Å². The van der Waals surface area contributed by atoms with E-state index in [0.717, 1.165) is 5.56 Å². The van der Waals surface area contributed by atoms with Crippen molar-refractivity contribution < 1.29 is 28.6 Å². The van der Waals surface area contributed by atoms with Crippen LogP contribution in [0.1, 0.15) is 54.1 Å². The number of nitrogens with one attached hydrogen (secondary N) is 2. The van der Waals surface area contributed by atoms with E-state index in [1.54, 1.807) is 25.1 Å². The largest absolute Gasteiger partial charge is 0.495 e. The van der Waals surface area contributed by atoms with Gasteiger partial charge in [-0.05, 0) is 56.4 Å². The Morgan fingerprint density at radius 3 is 2.30 bits per heavy atom. The van der Waals surface area contributed by atoms with Gasteiger partial charge in [-0.15, -0.1) is 0 Å². The van der Waals surface area contributed by atoms with Crippen molar-refractivity contribution in [3.05, 3.63) is 52.0 Å². The number of benzene rings is 2. The number of hydrogen-bond donors (Lipinski definition) is 2. The molecule has 1 fully saturated rings. The highest BCUT2D eigenvalue weighted by Gasteiger charge is 2.31. The molecule has 9 nitrogen and oxygen atoms in total. The molecule has 0 spiro atoms. The molecule has 0 heterocycles. The Bertz CT molecular complexity index is 1200. The van der Waals surface area contributed by atoms with Gasteiger partial charge in [0.2, 0.25) is 5.91 Å². The number of hydrogen-bond acceptors (Lipinski definition) is 7. The Kier molecular flexibility index (Phi) is 9.75. The summed E-state index contributed by atoms with van der Waals surface area (Å²) in [6.45, 7) is 2.26. The fourth-order valence-corrected chi connectivity index (χ4v) is 4.59. The quantitative estimate of drug-likeness (QED) is 0.461. The van der Waals surface area contributed by atoms with Gasteiger partial charge in [0.25, 0.3) is 5.91 Å². The summed E-state index contributed by atoms with van der Waals surface area (Å²) in [5.41, 5.74) is 1.27. The molecule has 0 aromatic heterocycles. The Balaban J connectivity index is 1.75. The highest BCUT2D eigenvalue weighted by molar-refractivity contribution is 6.32. The number of nitrogens with zero attached hydrogens (tertiary/aromatic N) is 1. The molecule has 0 radical (unpaired) electrons. The maximum absolute atomic E-state index is 13.1. The average molecular weight is 528 g/mol. The summed E-state index contributed by atoms with van der Waals surface area (Å²) in [5.74, 6) is -0.724. The third-order valence-corrected chi connectivity index (χ3v) is 6.65. The average Bonchev–Trinajstić information content (AvgIpc) is 2.91. The molecule has 0 saturated heterocycles. The number of carbonyl (C=O) groups is 3. The number of carbonyl (C=O) groups excluding carboxylic acids is 3. The van der Waals surface area contributed by atoms with Gasteiger partial charge >= 0.3 is 5.97 Å². The van der Waals surface area contributed by atoms with Crippen LogP contribution in [-0.2, 0) is 20.9 Å². The zero-order valence-corrected chi connectivity index (χ0v) is 21.8. The van der Waals surface area contributed by atoms with Gasteiger partial charge in [-0.3, -0.25) is 14.4 Å². The second-order valence-electron chi connectivity index (χ2n) is 8.65. The monoisotopic (exact) mass is 527 g/mol. The molecular weight excluding hydrogens is 498 g/mol. The van der Waals surface area contributed by atoms with Crippen molar-refractivity contribution in [2.75, 3.05) is 26.1 Å². The normalized spacial score (nSPS) is 16.7. The van der Waals surface area contributed by atoms with Gasteiger partial charge in [0.15, 0.2) is 0 Å². The van der Waals surface area contributed by atoms with Crippen molar-refractivity contribution >= 4 is 35.1 Å². The molecule has 2 N–H and O–H groups in total. The van der Waals surface area contributed by atoms with E-state index < -0.39 is 5.91 Å². The topological polar surface area (TPSA) is 127 Å². The Hall–Kier alpha value is -3.77. The predicted octanol–water partition coefficient (Wildman–Crippen LogP) is 4.47. The van der Waals surface area contributed by atoms with E-state index in [-0.39, 0.29) is 52.8 Å². The summed E-state index contributed by atoms with van der Waals surface area (Å²) in [6.07, 6.45) is 2.18. The second kappa shape index (κ2) is 13.0. The minimum Gasteiger partial charge on any atom is -0.495 e. The highest BCUT2D eigenvalue weighted by Crippen LogP contribution is 2.32. The number of nitriles is 1. The van der Waals surface area contributed by atoms with Gasteiger partial charge < -0.3 is 24.8 Å². The molecule has 2 aromatic rings. The standard InChI is InChI=1S/C27H30ClN3O6/c1-4-37-27(34)18-8-6-17(7-9-18)25(32)31-22-13-24(36-3)19(14-29)12-20(22)26(33)30-15-16-5-10-23(35-2)21(28)11-16/h5,10-13,17-18H,4,6-9,15H2,1-3H3,(H,30,33)(H,31,32)/t17-,18-. The molecule has 0 aliphatic heterocycles. The van der Waals surface area contributed by atoms with Crippen LogP contribution in [0, 0.1) is 23.2 Å². The summed E-state index contributed by atoms with van der Waals surface area (Å²) in [4.78, 5) is 38.2. The lowest BCUT2D eigenvalue weighted by Crippen LogP contribution is -2.31. The SMILES string of the molecule is CCOC(=O)[C@H]1CC[C@H](C(=O)Nc2cc(OC)c(C#N)cc2C(=O)NCc2ccc(OC)c(Cl)c2)CC1. The zero-order chi connectivity index (χ0) is 26.9. The summed E-state index contributed by atoms with van der Waals surface area (Å²) in [5, 5.41) is 15.6. The maximum atomic E-state index is 13.1. The van der Waals surface area contributed by atoms with E-state index in [9.17, 15) is 19.6 Å². The Morgan fingerprint density at radius 2 is 1.70 bits per heavy atom. The fraction of sp³-hybridized carbons (Fsp3) is 0.407. The first kappa shape index (κ1) is 27.8. The first-order valence-corrected chi connectivity index (χ1v) is 12.4. The third kappa shape index (κ3) is 6.92. The van der Waals surface area contributed by atoms with Gasteiger partial charge in [-0.1, -0.05) is 17.7 Å². The van der Waals surface area contributed by atoms with Crippen LogP contribution in [0.4, 0.5) is 5.69 Å². The van der Waals surface area contributed by atoms with Crippen molar-refractivity contribution in [2.45, 2.75) is 39.2 Å². The lowest BCUT2D eigenvalue weighted by molar-refractivity contribution is -0.150. The third-order valence-electron chi connectivity index (χ3n) is 6.35. The molecule has 196 valence electrons. The predicted molar refractivity (Wildman–Crippen MR) is 138 cm³/mol. The van der Waals surface area contributed by atoms with E-state index in [4.69, 9.17) is 25.8 Å². The molecule has 10 heteroatoms. The lowest BCUT2D eigenvalue weighted by atomic mass is 9.81. The first-order valence-electron chi connectivity index (χ1n) is 12.0. The molecule has 2 amide bonds. The molecule has 0 bridgehead atoms. The van der Waals surface area contributed by atoms with Gasteiger partial charge in [0, 0.05) is 18.5 Å². The van der Waals surface area contributed by atoms with E-state index in [1.807, 2.05) is 6.07 Å². The van der Waals surface area contributed by atoms with Crippen molar-refractivity contribution in [3.63, 3.8) is 0 Å². The molecule has 0 atom stereocenters. The van der Waals surface area contributed by atoms with Gasteiger partial charge in [0.1, 0.15) is 17.6 Å². The van der Waals surface area contributed by atoms with Crippen LogP contribution in [-0.4, -0.2) is 38.6 Å². The van der Waals surface area contributed by atoms with Gasteiger partial charge in [0.05, 0.1) is 48.6 Å². The van der Waals surface area contributed by atoms with Crippen molar-refractivity contribution in [3.8, 4) is 17.6 Å². The second-order valence-corrected chi connectivity index (χ2v) is 9.06. The highest BCUT2D eigenvalue weighted by atomic mass is 35.5. The molecule has 0 unspecified atom stereocenters. The van der Waals surface area contributed by atoms with Crippen LogP contribution in [0.15, 0.2) is 30.3 Å². The molecular formula is C27H30ClN3O6. The smallest absolute Gasteiger partial charge is 0.308 e. The van der Waals surface area contributed by atoms with E-state index in [1.165, 1.54) is 26.4 Å². The number of methoxy groups -OCH3 is 2. The number of ether oxygens (including phenoxy) is 3. The number of rotatable bonds is 9. The molecule has 1 aliphatic rings. The molecule has 3 rings (SSSR count). The van der Waals surface area contributed by atoms with Crippen LogP contribution < -0.4 is 20.1 Å². The first-order chi connectivity index (χ1) is 17.8. The van der Waals surface area contributed by atoms with Crippen LogP contribution in [0.5, 0.6) is 11.5 Å². The van der Waals surface area contributed by atoms with Crippen molar-refractivity contribution in [1.29, 1.82) is 5.26 Å². The molecule has 37 heavy (non-hydrogen) atoms. The van der Waals surface area contributed by atoms with Gasteiger partial charge in [-0.25, -0.2) is 0 Å². The summed E-state index contributed by atoms with van der Waals surface area (Å²) in [7, 11) is 2.92.